The van der Waals surface area contributed by atoms with Gasteiger partial charge < -0.3 is 31.5 Å². The van der Waals surface area contributed by atoms with Crippen molar-refractivity contribution < 1.29 is 33.8 Å². The lowest BCUT2D eigenvalue weighted by molar-refractivity contribution is -0.147. The zero-order valence-corrected chi connectivity index (χ0v) is 35.6. The van der Waals surface area contributed by atoms with Gasteiger partial charge in [0.15, 0.2) is 0 Å². The number of likely N-dealkylation sites (tertiary alicyclic amines) is 1. The number of thiazole rings is 1. The Morgan fingerprint density at radius 2 is 1.82 bits per heavy atom. The van der Waals surface area contributed by atoms with E-state index in [1.54, 1.807) is 25.3 Å². The van der Waals surface area contributed by atoms with Crippen molar-refractivity contribution in [3.05, 3.63) is 45.7 Å². The number of nitrogens with one attached hydrogen (secondary N) is 2. The number of nitrogens with two attached hydrogens (primary N) is 1. The molecule has 3 amide bonds. The van der Waals surface area contributed by atoms with E-state index in [9.17, 15) is 33.8 Å². The normalized spacial score (nSPS) is 17.8. The van der Waals surface area contributed by atoms with E-state index < -0.39 is 41.3 Å². The molecule has 12 nitrogen and oxygen atoms in total. The molecular formula is C42H67FN6O6S. The van der Waals surface area contributed by atoms with Gasteiger partial charge in [0.05, 0.1) is 17.1 Å². The molecule has 1 aromatic heterocycles. The van der Waals surface area contributed by atoms with Gasteiger partial charge in [-0.1, -0.05) is 72.8 Å². The molecule has 0 aliphatic carbocycles. The Balaban J connectivity index is 1.85. The van der Waals surface area contributed by atoms with Crippen LogP contribution in [0.4, 0.5) is 10.1 Å². The topological polar surface area (TPSA) is 178 Å². The summed E-state index contributed by atoms with van der Waals surface area (Å²) >= 11 is 1.13. The minimum atomic E-state index is -1.19. The van der Waals surface area contributed by atoms with Gasteiger partial charge >= 0.3 is 5.97 Å². The lowest BCUT2D eigenvalue weighted by atomic mass is 9.84. The predicted molar refractivity (Wildman–Crippen MR) is 220 cm³/mol. The van der Waals surface area contributed by atoms with Crippen LogP contribution in [-0.2, 0) is 20.8 Å². The maximum Gasteiger partial charge on any atom is 0.309 e. The molecule has 0 bridgehead atoms. The number of halogens is 1. The van der Waals surface area contributed by atoms with Gasteiger partial charge in [-0.3, -0.25) is 24.1 Å². The molecule has 314 valence electrons. The second kappa shape index (κ2) is 21.8. The van der Waals surface area contributed by atoms with Crippen molar-refractivity contribution in [2.45, 2.75) is 149 Å². The summed E-state index contributed by atoms with van der Waals surface area (Å²) in [5.74, 6) is -2.62. The summed E-state index contributed by atoms with van der Waals surface area (Å²) in [7, 11) is 1.95. The SMILES string of the molecule is CCCCCCN(C(=O)[C@@H](NC(=O)C1CCCCN1C)[C@@H](C)CC)[C@H](C[C@@H](O)c1nc(C(=O)N[C@@H](Cc2ccc(N)c(F)c2)CC(C)(C)C(=O)O)cs1)C(C)C. The first-order valence-corrected chi connectivity index (χ1v) is 21.3. The van der Waals surface area contributed by atoms with Crippen LogP contribution in [0.5, 0.6) is 0 Å². The number of aliphatic hydroxyl groups excluding tert-OH is 1. The maximum atomic E-state index is 14.7. The summed E-state index contributed by atoms with van der Waals surface area (Å²) in [5, 5.41) is 29.4. The number of benzene rings is 1. The minimum Gasteiger partial charge on any atom is -0.481 e. The molecule has 2 heterocycles. The van der Waals surface area contributed by atoms with Gasteiger partial charge in [0.1, 0.15) is 28.7 Å². The number of anilines is 1. The van der Waals surface area contributed by atoms with Crippen molar-refractivity contribution in [3.8, 4) is 0 Å². The Bertz CT molecular complexity index is 1600. The minimum absolute atomic E-state index is 0.0118. The van der Waals surface area contributed by atoms with Crippen LogP contribution in [0.15, 0.2) is 23.6 Å². The van der Waals surface area contributed by atoms with Crippen LogP contribution < -0.4 is 16.4 Å². The van der Waals surface area contributed by atoms with Gasteiger partial charge in [0.2, 0.25) is 11.8 Å². The molecule has 14 heteroatoms. The van der Waals surface area contributed by atoms with E-state index in [4.69, 9.17) is 5.73 Å². The molecule has 56 heavy (non-hydrogen) atoms. The predicted octanol–water partition coefficient (Wildman–Crippen LogP) is 6.58. The number of carboxylic acid groups (broad SMARTS) is 1. The first kappa shape index (κ1) is 46.8. The fourth-order valence-corrected chi connectivity index (χ4v) is 8.22. The first-order valence-electron chi connectivity index (χ1n) is 20.4. The van der Waals surface area contributed by atoms with Crippen molar-refractivity contribution in [3.63, 3.8) is 0 Å². The summed E-state index contributed by atoms with van der Waals surface area (Å²) in [6.45, 7) is 14.6. The quantitative estimate of drug-likeness (QED) is 0.0650. The molecule has 6 atom stereocenters. The number of amides is 3. The van der Waals surface area contributed by atoms with Crippen molar-refractivity contribution >= 4 is 40.7 Å². The highest BCUT2D eigenvalue weighted by Crippen LogP contribution is 2.30. The molecule has 1 aliphatic heterocycles. The number of rotatable bonds is 22. The number of carbonyl (C=O) groups excluding carboxylic acids is 3. The number of piperidine rings is 1. The average Bonchev–Trinajstić information content (AvgIpc) is 3.65. The molecule has 0 radical (unpaired) electrons. The van der Waals surface area contributed by atoms with Gasteiger partial charge in [-0.25, -0.2) is 9.37 Å². The van der Waals surface area contributed by atoms with E-state index in [0.717, 1.165) is 62.8 Å². The maximum absolute atomic E-state index is 14.7. The van der Waals surface area contributed by atoms with Crippen LogP contribution >= 0.6 is 11.3 Å². The highest BCUT2D eigenvalue weighted by atomic mass is 32.1. The molecule has 1 aliphatic rings. The summed E-state index contributed by atoms with van der Waals surface area (Å²) in [6, 6.07) is 2.29. The number of hydrogen-bond acceptors (Lipinski definition) is 9. The third-order valence-corrected chi connectivity index (χ3v) is 12.2. The number of likely N-dealkylation sites (N-methyl/N-ethyl adjacent to an activating group) is 1. The van der Waals surface area contributed by atoms with Crippen LogP contribution in [0, 0.1) is 23.1 Å². The van der Waals surface area contributed by atoms with Crippen LogP contribution in [0.2, 0.25) is 0 Å². The summed E-state index contributed by atoms with van der Waals surface area (Å²) < 4.78 is 14.3. The lowest BCUT2D eigenvalue weighted by Gasteiger charge is -2.40. The first-order chi connectivity index (χ1) is 26.4. The van der Waals surface area contributed by atoms with E-state index in [1.807, 2.05) is 39.6 Å². The fourth-order valence-electron chi connectivity index (χ4n) is 7.42. The number of unbranched alkanes of at least 4 members (excludes halogenated alkanes) is 3. The Morgan fingerprint density at radius 3 is 2.43 bits per heavy atom. The van der Waals surface area contributed by atoms with E-state index >= 15 is 0 Å². The highest BCUT2D eigenvalue weighted by Gasteiger charge is 2.38. The molecule has 0 spiro atoms. The molecule has 0 saturated carbocycles. The molecule has 1 fully saturated rings. The zero-order valence-electron chi connectivity index (χ0n) is 34.8. The second-order valence-corrected chi connectivity index (χ2v) is 17.6. The van der Waals surface area contributed by atoms with Gasteiger partial charge in [-0.15, -0.1) is 11.3 Å². The molecule has 6 N–H and O–H groups in total. The highest BCUT2D eigenvalue weighted by molar-refractivity contribution is 7.09. The van der Waals surface area contributed by atoms with Gasteiger partial charge in [-0.2, -0.15) is 0 Å². The van der Waals surface area contributed by atoms with E-state index in [0.29, 0.717) is 23.5 Å². The Morgan fingerprint density at radius 1 is 1.11 bits per heavy atom. The number of aliphatic carboxylic acids is 1. The molecule has 1 unspecified atom stereocenters. The van der Waals surface area contributed by atoms with Crippen LogP contribution in [-0.4, -0.2) is 93.0 Å². The molecule has 2 aromatic rings. The van der Waals surface area contributed by atoms with E-state index in [2.05, 4.69) is 27.4 Å². The summed E-state index contributed by atoms with van der Waals surface area (Å²) in [6.07, 6.45) is 6.58. The molecule has 3 rings (SSSR count). The number of nitrogens with zero attached hydrogens (tertiary/aromatic N) is 3. The fraction of sp³-hybridized carbons (Fsp3) is 0.690. The Hall–Kier alpha value is -3.62. The van der Waals surface area contributed by atoms with Crippen molar-refractivity contribution in [2.24, 2.45) is 17.3 Å². The Labute approximate surface area is 337 Å². The third-order valence-electron chi connectivity index (χ3n) is 11.3. The largest absolute Gasteiger partial charge is 0.481 e. The van der Waals surface area contributed by atoms with E-state index in [-0.39, 0.29) is 66.4 Å². The third kappa shape index (κ3) is 13.2. The zero-order chi connectivity index (χ0) is 41.7. The smallest absolute Gasteiger partial charge is 0.309 e. The average molecular weight is 803 g/mol. The number of hydrogen-bond donors (Lipinski definition) is 5. The Kier molecular flexibility index (Phi) is 18.2. The van der Waals surface area contributed by atoms with Crippen LogP contribution in [0.25, 0.3) is 0 Å². The van der Waals surface area contributed by atoms with Crippen LogP contribution in [0.1, 0.15) is 140 Å². The second-order valence-electron chi connectivity index (χ2n) is 16.7. The molecule has 1 aromatic carbocycles. The van der Waals surface area contributed by atoms with Crippen LogP contribution in [0.3, 0.4) is 0 Å². The number of nitrogen functional groups attached to an aromatic ring is 1. The lowest BCUT2D eigenvalue weighted by Crippen LogP contribution is -2.58. The number of carboxylic acids is 1. The molecule has 1 saturated heterocycles. The van der Waals surface area contributed by atoms with Crippen molar-refractivity contribution in [1.82, 2.24) is 25.4 Å². The summed E-state index contributed by atoms with van der Waals surface area (Å²) in [4.78, 5) is 62.3. The van der Waals surface area contributed by atoms with Gasteiger partial charge in [-0.05, 0) is 89.1 Å². The number of aromatic nitrogens is 1. The van der Waals surface area contributed by atoms with Gasteiger partial charge in [0.25, 0.3) is 5.91 Å². The molecular weight excluding hydrogens is 736 g/mol. The van der Waals surface area contributed by atoms with Crippen molar-refractivity contribution in [2.75, 3.05) is 25.9 Å². The summed E-state index contributed by atoms with van der Waals surface area (Å²) in [5.41, 5.74) is 5.05. The number of carbonyl (C=O) groups is 4. The number of aliphatic hydroxyl groups is 1. The van der Waals surface area contributed by atoms with Gasteiger partial charge in [0, 0.05) is 30.4 Å². The monoisotopic (exact) mass is 802 g/mol. The van der Waals surface area contributed by atoms with E-state index in [1.165, 1.54) is 12.1 Å². The van der Waals surface area contributed by atoms with Crippen molar-refractivity contribution in [1.29, 1.82) is 0 Å². The standard InChI is InChI=1S/C42H67FN6O6S/c1-9-11-12-14-20-49(40(53)36(27(5)10-2)47-38(52)33-16-13-15-19-48(33)8)34(26(3)4)23-35(50)39-46-32(25-56-39)37(51)45-29(24-42(6,7)41(54)55)21-28-17-18-31(44)30(43)22-28/h17-18,22,25-27,29,33-36,50H,9-16,19-21,23-24,44H2,1-8H3,(H,45,51)(H,47,52)(H,54,55)/t27-,29-,33?,34+,35+,36-/m0/s1.